The molecule has 1 amide bonds. The van der Waals surface area contributed by atoms with Gasteiger partial charge in [-0.25, -0.2) is 4.79 Å². The van der Waals surface area contributed by atoms with Crippen LogP contribution in [0.2, 0.25) is 0 Å². The van der Waals surface area contributed by atoms with Gasteiger partial charge in [-0.3, -0.25) is 0 Å². The molecule has 2 heterocycles. The third kappa shape index (κ3) is 3.80. The summed E-state index contributed by atoms with van der Waals surface area (Å²) in [5, 5.41) is 1.27. The number of ether oxygens (including phenoxy) is 1. The molecule has 1 aromatic heterocycles. The van der Waals surface area contributed by atoms with Crippen LogP contribution in [-0.4, -0.2) is 42.8 Å². The molecule has 0 spiro atoms. The van der Waals surface area contributed by atoms with E-state index >= 15 is 0 Å². The van der Waals surface area contributed by atoms with Gasteiger partial charge in [0.15, 0.2) is 0 Å². The van der Waals surface area contributed by atoms with E-state index in [1.807, 2.05) is 20.8 Å². The lowest BCUT2D eigenvalue weighted by molar-refractivity contribution is 0.0241. The molecule has 1 aromatic carbocycles. The maximum atomic E-state index is 12.2. The van der Waals surface area contributed by atoms with Gasteiger partial charge in [-0.15, -0.1) is 11.3 Å². The van der Waals surface area contributed by atoms with Crippen LogP contribution >= 0.6 is 27.3 Å². The van der Waals surface area contributed by atoms with Gasteiger partial charge in [-0.2, -0.15) is 0 Å². The van der Waals surface area contributed by atoms with Crippen LogP contribution in [0.25, 0.3) is 10.1 Å². The summed E-state index contributed by atoms with van der Waals surface area (Å²) in [6.07, 6.45) is -0.214. The fourth-order valence-corrected chi connectivity index (χ4v) is 4.31. The van der Waals surface area contributed by atoms with E-state index in [9.17, 15) is 4.79 Å². The van der Waals surface area contributed by atoms with Gasteiger partial charge in [0, 0.05) is 42.0 Å². The minimum atomic E-state index is -0.442. The third-order valence-electron chi connectivity index (χ3n) is 3.78. The number of fused-ring (bicyclic) bond motifs is 1. The van der Waals surface area contributed by atoms with Crippen LogP contribution in [0.3, 0.4) is 0 Å². The molecule has 0 aliphatic carbocycles. The quantitative estimate of drug-likeness (QED) is 0.698. The second-order valence-electron chi connectivity index (χ2n) is 6.69. The van der Waals surface area contributed by atoms with Gasteiger partial charge >= 0.3 is 6.09 Å². The van der Waals surface area contributed by atoms with Crippen molar-refractivity contribution in [2.75, 3.05) is 31.1 Å². The Morgan fingerprint density at radius 1 is 1.22 bits per heavy atom. The predicted octanol–water partition coefficient (Wildman–Crippen LogP) is 4.72. The van der Waals surface area contributed by atoms with Crippen molar-refractivity contribution in [1.82, 2.24) is 4.90 Å². The minimum absolute atomic E-state index is 0.214. The Hall–Kier alpha value is -1.27. The summed E-state index contributed by atoms with van der Waals surface area (Å²) in [6, 6.07) is 8.58. The molecule has 0 atom stereocenters. The Bertz CT molecular complexity index is 715. The highest BCUT2D eigenvalue weighted by Crippen LogP contribution is 2.36. The van der Waals surface area contributed by atoms with Crippen molar-refractivity contribution in [3.8, 4) is 0 Å². The molecule has 1 saturated heterocycles. The average molecular weight is 397 g/mol. The smallest absolute Gasteiger partial charge is 0.410 e. The molecular weight excluding hydrogens is 376 g/mol. The number of nitrogens with zero attached hydrogens (tertiary/aromatic N) is 2. The zero-order chi connectivity index (χ0) is 16.6. The molecule has 0 unspecified atom stereocenters. The first kappa shape index (κ1) is 16.6. The van der Waals surface area contributed by atoms with Gasteiger partial charge in [-0.05, 0) is 54.9 Å². The Balaban J connectivity index is 1.70. The van der Waals surface area contributed by atoms with Gasteiger partial charge < -0.3 is 14.5 Å². The van der Waals surface area contributed by atoms with Gasteiger partial charge in [0.2, 0.25) is 0 Å². The molecule has 2 aromatic rings. The lowest BCUT2D eigenvalue weighted by Gasteiger charge is -2.37. The zero-order valence-electron chi connectivity index (χ0n) is 13.6. The molecule has 3 rings (SSSR count). The van der Waals surface area contributed by atoms with Crippen molar-refractivity contribution in [3.05, 3.63) is 28.1 Å². The van der Waals surface area contributed by atoms with Crippen LogP contribution in [-0.2, 0) is 4.74 Å². The van der Waals surface area contributed by atoms with Gasteiger partial charge in [-0.1, -0.05) is 6.07 Å². The number of piperazine rings is 1. The molecule has 0 radical (unpaired) electrons. The van der Waals surface area contributed by atoms with Crippen LogP contribution < -0.4 is 4.90 Å². The highest BCUT2D eigenvalue weighted by Gasteiger charge is 2.26. The number of halogens is 1. The summed E-state index contributed by atoms with van der Waals surface area (Å²) in [7, 11) is 0. The Labute approximate surface area is 149 Å². The van der Waals surface area contributed by atoms with E-state index in [2.05, 4.69) is 45.1 Å². The molecule has 23 heavy (non-hydrogen) atoms. The summed E-state index contributed by atoms with van der Waals surface area (Å²) in [5.41, 5.74) is 0.802. The highest BCUT2D eigenvalue weighted by atomic mass is 79.9. The SMILES string of the molecule is CC(C)(C)OC(=O)N1CCN(c2cccc3sc(Br)cc23)CC1. The van der Waals surface area contributed by atoms with Crippen molar-refractivity contribution < 1.29 is 9.53 Å². The largest absolute Gasteiger partial charge is 0.444 e. The number of hydrogen-bond acceptors (Lipinski definition) is 4. The van der Waals surface area contributed by atoms with E-state index < -0.39 is 5.60 Å². The molecule has 1 aliphatic heterocycles. The molecule has 124 valence electrons. The van der Waals surface area contributed by atoms with E-state index in [0.29, 0.717) is 13.1 Å². The van der Waals surface area contributed by atoms with Crippen LogP contribution in [0.1, 0.15) is 20.8 Å². The standard InChI is InChI=1S/C17H21BrN2O2S/c1-17(2,3)22-16(21)20-9-7-19(8-10-20)13-5-4-6-14-12(13)11-15(18)23-14/h4-6,11H,7-10H2,1-3H3. The number of amides is 1. The lowest BCUT2D eigenvalue weighted by atomic mass is 10.2. The minimum Gasteiger partial charge on any atom is -0.444 e. The van der Waals surface area contributed by atoms with E-state index in [1.54, 1.807) is 16.2 Å². The van der Waals surface area contributed by atoms with Gasteiger partial charge in [0.05, 0.1) is 3.79 Å². The number of benzene rings is 1. The molecular formula is C17H21BrN2O2S. The lowest BCUT2D eigenvalue weighted by Crippen LogP contribution is -2.50. The van der Waals surface area contributed by atoms with Crippen molar-refractivity contribution in [2.24, 2.45) is 0 Å². The molecule has 1 fully saturated rings. The van der Waals surface area contributed by atoms with Crippen LogP contribution in [0.4, 0.5) is 10.5 Å². The second kappa shape index (κ2) is 6.32. The topological polar surface area (TPSA) is 32.8 Å². The summed E-state index contributed by atoms with van der Waals surface area (Å²) >= 11 is 5.32. The molecule has 1 aliphatic rings. The zero-order valence-corrected chi connectivity index (χ0v) is 16.0. The fraction of sp³-hybridized carbons (Fsp3) is 0.471. The number of carbonyl (C=O) groups excluding carboxylic acids is 1. The third-order valence-corrected chi connectivity index (χ3v) is 5.38. The van der Waals surface area contributed by atoms with Crippen LogP contribution in [0.15, 0.2) is 28.1 Å². The summed E-state index contributed by atoms with van der Waals surface area (Å²) in [5.74, 6) is 0. The van der Waals surface area contributed by atoms with Crippen molar-refractivity contribution in [3.63, 3.8) is 0 Å². The summed E-state index contributed by atoms with van der Waals surface area (Å²) in [4.78, 5) is 16.3. The molecule has 0 bridgehead atoms. The fourth-order valence-electron chi connectivity index (χ4n) is 2.75. The number of anilines is 1. The highest BCUT2D eigenvalue weighted by molar-refractivity contribution is 9.11. The van der Waals surface area contributed by atoms with Crippen molar-refractivity contribution in [1.29, 1.82) is 0 Å². The van der Waals surface area contributed by atoms with E-state index in [1.165, 1.54) is 15.8 Å². The van der Waals surface area contributed by atoms with Crippen molar-refractivity contribution in [2.45, 2.75) is 26.4 Å². The summed E-state index contributed by atoms with van der Waals surface area (Å²) < 4.78 is 7.88. The summed E-state index contributed by atoms with van der Waals surface area (Å²) in [6.45, 7) is 8.73. The first-order valence-corrected chi connectivity index (χ1v) is 9.35. The maximum Gasteiger partial charge on any atom is 0.410 e. The van der Waals surface area contributed by atoms with Gasteiger partial charge in [0.25, 0.3) is 0 Å². The Morgan fingerprint density at radius 3 is 2.57 bits per heavy atom. The van der Waals surface area contributed by atoms with E-state index in [4.69, 9.17) is 4.74 Å². The first-order valence-electron chi connectivity index (χ1n) is 7.74. The number of rotatable bonds is 1. The molecule has 0 N–H and O–H groups in total. The number of carbonyl (C=O) groups is 1. The normalized spacial score (nSPS) is 16.0. The Morgan fingerprint density at radius 2 is 1.91 bits per heavy atom. The second-order valence-corrected chi connectivity index (χ2v) is 9.16. The van der Waals surface area contributed by atoms with E-state index in [0.717, 1.165) is 16.9 Å². The number of thiophene rings is 1. The van der Waals surface area contributed by atoms with Crippen LogP contribution in [0.5, 0.6) is 0 Å². The maximum absolute atomic E-state index is 12.2. The monoisotopic (exact) mass is 396 g/mol. The molecule has 0 saturated carbocycles. The Kier molecular flexibility index (Phi) is 4.56. The van der Waals surface area contributed by atoms with Gasteiger partial charge in [0.1, 0.15) is 5.60 Å². The van der Waals surface area contributed by atoms with E-state index in [-0.39, 0.29) is 6.09 Å². The molecule has 4 nitrogen and oxygen atoms in total. The van der Waals surface area contributed by atoms with Crippen LogP contribution in [0, 0.1) is 0 Å². The molecule has 6 heteroatoms. The predicted molar refractivity (Wildman–Crippen MR) is 99.5 cm³/mol. The first-order chi connectivity index (χ1) is 10.8. The number of hydrogen-bond donors (Lipinski definition) is 0. The van der Waals surface area contributed by atoms with Crippen molar-refractivity contribution >= 4 is 49.1 Å². The average Bonchev–Trinajstić information content (AvgIpc) is 2.85.